The Morgan fingerprint density at radius 3 is 2.54 bits per heavy atom. The van der Waals surface area contributed by atoms with Crippen LogP contribution in [0.15, 0.2) is 76.3 Å². The lowest BCUT2D eigenvalue weighted by molar-refractivity contribution is 0.613. The Hall–Kier alpha value is -3.34. The van der Waals surface area contributed by atoms with Gasteiger partial charge in [0.25, 0.3) is 0 Å². The van der Waals surface area contributed by atoms with Crippen LogP contribution >= 0.6 is 0 Å². The molecule has 0 atom stereocenters. The van der Waals surface area contributed by atoms with E-state index in [1.54, 1.807) is 48.8 Å². The maximum atomic E-state index is 14.2. The Bertz CT molecular complexity index is 1090. The van der Waals surface area contributed by atoms with Crippen molar-refractivity contribution in [1.29, 1.82) is 0 Å². The predicted octanol–water partition coefficient (Wildman–Crippen LogP) is 4.06. The van der Waals surface area contributed by atoms with Gasteiger partial charge in [-0.15, -0.1) is 0 Å². The van der Waals surface area contributed by atoms with Crippen LogP contribution in [-0.4, -0.2) is 9.97 Å². The van der Waals surface area contributed by atoms with Crippen LogP contribution in [0.4, 0.5) is 4.39 Å². The third-order valence-corrected chi connectivity index (χ3v) is 3.74. The molecule has 5 heteroatoms. The summed E-state index contributed by atoms with van der Waals surface area (Å²) in [6.07, 6.45) is 4.70. The smallest absolute Gasteiger partial charge is 0.193 e. The number of aromatic nitrogens is 2. The van der Waals surface area contributed by atoms with Crippen LogP contribution in [0, 0.1) is 5.82 Å². The van der Waals surface area contributed by atoms with Gasteiger partial charge in [0.1, 0.15) is 17.3 Å². The maximum Gasteiger partial charge on any atom is 0.193 e. The topological polar surface area (TPSA) is 56.0 Å². The predicted molar refractivity (Wildman–Crippen MR) is 88.9 cm³/mol. The summed E-state index contributed by atoms with van der Waals surface area (Å²) in [7, 11) is 0. The van der Waals surface area contributed by atoms with Gasteiger partial charge < -0.3 is 4.42 Å². The van der Waals surface area contributed by atoms with Crippen molar-refractivity contribution >= 4 is 11.0 Å². The van der Waals surface area contributed by atoms with Crippen molar-refractivity contribution in [2.45, 2.75) is 0 Å². The van der Waals surface area contributed by atoms with Crippen LogP contribution < -0.4 is 5.43 Å². The van der Waals surface area contributed by atoms with Crippen molar-refractivity contribution in [2.24, 2.45) is 0 Å². The molecule has 0 aliphatic rings. The normalized spacial score (nSPS) is 10.9. The highest BCUT2D eigenvalue weighted by Gasteiger charge is 2.15. The number of rotatable bonds is 2. The van der Waals surface area contributed by atoms with Crippen molar-refractivity contribution in [3.63, 3.8) is 0 Å². The molecule has 0 N–H and O–H groups in total. The highest BCUT2D eigenvalue weighted by molar-refractivity contribution is 5.90. The molecule has 4 rings (SSSR count). The second-order valence-corrected chi connectivity index (χ2v) is 5.23. The van der Waals surface area contributed by atoms with Crippen molar-refractivity contribution in [1.82, 2.24) is 9.97 Å². The van der Waals surface area contributed by atoms with Crippen molar-refractivity contribution in [3.05, 3.63) is 83.2 Å². The Morgan fingerprint density at radius 1 is 0.958 bits per heavy atom. The van der Waals surface area contributed by atoms with Crippen LogP contribution in [-0.2, 0) is 0 Å². The van der Waals surface area contributed by atoms with Crippen LogP contribution in [0.1, 0.15) is 0 Å². The van der Waals surface area contributed by atoms with Gasteiger partial charge in [-0.3, -0.25) is 14.8 Å². The zero-order valence-electron chi connectivity index (χ0n) is 12.4. The van der Waals surface area contributed by atoms with E-state index in [1.165, 1.54) is 18.3 Å². The number of hydrogen-bond donors (Lipinski definition) is 0. The van der Waals surface area contributed by atoms with Gasteiger partial charge in [0, 0.05) is 35.8 Å². The summed E-state index contributed by atoms with van der Waals surface area (Å²) in [6.45, 7) is 0. The van der Waals surface area contributed by atoms with Crippen molar-refractivity contribution in [3.8, 4) is 22.6 Å². The average molecular weight is 318 g/mol. The van der Waals surface area contributed by atoms with Crippen LogP contribution in [0.2, 0.25) is 0 Å². The van der Waals surface area contributed by atoms with E-state index in [0.29, 0.717) is 22.4 Å². The number of fused-ring (bicyclic) bond motifs is 1. The summed E-state index contributed by atoms with van der Waals surface area (Å²) in [5.74, 6) is -0.0325. The molecule has 0 amide bonds. The molecular weight excluding hydrogens is 307 g/mol. The maximum absolute atomic E-state index is 14.2. The minimum Gasteiger partial charge on any atom is -0.454 e. The quantitative estimate of drug-likeness (QED) is 0.559. The molecule has 0 radical (unpaired) electrons. The van der Waals surface area contributed by atoms with E-state index in [9.17, 15) is 9.18 Å². The second kappa shape index (κ2) is 5.70. The third kappa shape index (κ3) is 2.36. The average Bonchev–Trinajstić information content (AvgIpc) is 2.63. The first-order valence-electron chi connectivity index (χ1n) is 7.32. The van der Waals surface area contributed by atoms with E-state index < -0.39 is 5.82 Å². The lowest BCUT2D eigenvalue weighted by Crippen LogP contribution is -2.02. The summed E-state index contributed by atoms with van der Waals surface area (Å²) in [5, 5.41) is 0.362. The summed E-state index contributed by atoms with van der Waals surface area (Å²) in [5.41, 5.74) is 1.37. The zero-order valence-corrected chi connectivity index (χ0v) is 12.4. The fourth-order valence-corrected chi connectivity index (χ4v) is 2.59. The van der Waals surface area contributed by atoms with Gasteiger partial charge in [-0.25, -0.2) is 4.39 Å². The fourth-order valence-electron chi connectivity index (χ4n) is 2.59. The van der Waals surface area contributed by atoms with E-state index >= 15 is 0 Å². The zero-order chi connectivity index (χ0) is 16.5. The summed E-state index contributed by atoms with van der Waals surface area (Å²) in [4.78, 5) is 20.6. The van der Waals surface area contributed by atoms with Crippen molar-refractivity contribution in [2.75, 3.05) is 0 Å². The molecule has 0 unspecified atom stereocenters. The van der Waals surface area contributed by atoms with Gasteiger partial charge in [-0.1, -0.05) is 12.1 Å². The molecule has 3 heterocycles. The van der Waals surface area contributed by atoms with Crippen molar-refractivity contribution < 1.29 is 8.81 Å². The van der Waals surface area contributed by atoms with Gasteiger partial charge in [0.05, 0.1) is 5.39 Å². The number of hydrogen-bond acceptors (Lipinski definition) is 4. The first-order valence-corrected chi connectivity index (χ1v) is 7.32. The Labute approximate surface area is 136 Å². The fraction of sp³-hybridized carbons (Fsp3) is 0. The summed E-state index contributed by atoms with van der Waals surface area (Å²) in [6, 6.07) is 12.7. The standard InChI is InChI=1S/C19H11FN2O2/c20-15-4-2-1-3-13(15)18-19-14(7-10-22-18)16(23)11-17(24-19)12-5-8-21-9-6-12/h1-11H. The molecule has 0 saturated carbocycles. The summed E-state index contributed by atoms with van der Waals surface area (Å²) >= 11 is 0. The lowest BCUT2D eigenvalue weighted by Gasteiger charge is -2.08. The molecule has 0 bridgehead atoms. The third-order valence-electron chi connectivity index (χ3n) is 3.74. The highest BCUT2D eigenvalue weighted by Crippen LogP contribution is 2.29. The van der Waals surface area contributed by atoms with E-state index in [0.717, 1.165) is 0 Å². The Morgan fingerprint density at radius 2 is 1.75 bits per heavy atom. The molecule has 0 aliphatic heterocycles. The van der Waals surface area contributed by atoms with E-state index in [1.807, 2.05) is 0 Å². The minimum absolute atomic E-state index is 0.206. The Balaban J connectivity index is 2.05. The first kappa shape index (κ1) is 14.3. The van der Waals surface area contributed by atoms with Gasteiger partial charge in [-0.05, 0) is 30.3 Å². The van der Waals surface area contributed by atoms with E-state index in [4.69, 9.17) is 4.42 Å². The molecule has 0 aliphatic carbocycles. The molecule has 0 fully saturated rings. The van der Waals surface area contributed by atoms with Gasteiger partial charge in [0.2, 0.25) is 0 Å². The molecule has 4 aromatic rings. The molecule has 0 saturated heterocycles. The number of pyridine rings is 2. The van der Waals surface area contributed by atoms with Gasteiger partial charge >= 0.3 is 0 Å². The van der Waals surface area contributed by atoms with Crippen LogP contribution in [0.25, 0.3) is 33.6 Å². The largest absolute Gasteiger partial charge is 0.454 e. The molecule has 0 spiro atoms. The minimum atomic E-state index is -0.422. The molecule has 3 aromatic heterocycles. The highest BCUT2D eigenvalue weighted by atomic mass is 19.1. The van der Waals surface area contributed by atoms with Crippen LogP contribution in [0.5, 0.6) is 0 Å². The molecule has 24 heavy (non-hydrogen) atoms. The Kier molecular flexibility index (Phi) is 3.39. The number of halogens is 1. The number of benzene rings is 1. The monoisotopic (exact) mass is 318 g/mol. The van der Waals surface area contributed by atoms with E-state index in [2.05, 4.69) is 9.97 Å². The van der Waals surface area contributed by atoms with Crippen LogP contribution in [0.3, 0.4) is 0 Å². The SMILES string of the molecule is O=c1cc(-c2ccncc2)oc2c(-c3ccccc3F)nccc12. The molecule has 1 aromatic carbocycles. The molecule has 4 nitrogen and oxygen atoms in total. The first-order chi connectivity index (χ1) is 11.7. The van der Waals surface area contributed by atoms with Gasteiger partial charge in [-0.2, -0.15) is 0 Å². The number of nitrogens with zero attached hydrogens (tertiary/aromatic N) is 2. The lowest BCUT2D eigenvalue weighted by atomic mass is 10.1. The molecular formula is C19H11FN2O2. The summed E-state index contributed by atoms with van der Waals surface area (Å²) < 4.78 is 20.1. The van der Waals surface area contributed by atoms with E-state index in [-0.39, 0.29) is 16.6 Å². The molecule has 116 valence electrons. The van der Waals surface area contributed by atoms with Gasteiger partial charge in [0.15, 0.2) is 11.0 Å². The second-order valence-electron chi connectivity index (χ2n) is 5.23.